The van der Waals surface area contributed by atoms with Gasteiger partial charge < -0.3 is 27.9 Å². The summed E-state index contributed by atoms with van der Waals surface area (Å²) in [5.41, 5.74) is 0. The third-order valence-electron chi connectivity index (χ3n) is 8.74. The number of likely N-dealkylation sites (N-methyl/N-ethyl adjacent to an activating group) is 1. The van der Waals surface area contributed by atoms with Crippen molar-refractivity contribution in [2.24, 2.45) is 0 Å². The van der Waals surface area contributed by atoms with Crippen LogP contribution in [0.2, 0.25) is 0 Å². The van der Waals surface area contributed by atoms with Gasteiger partial charge in [-0.15, -0.1) is 0 Å². The fourth-order valence-electron chi connectivity index (χ4n) is 5.36. The maximum absolute atomic E-state index is 12.7. The predicted molar refractivity (Wildman–Crippen MR) is 231 cm³/mol. The minimum absolute atomic E-state index is 0.0422. The molecule has 0 saturated carbocycles. The van der Waals surface area contributed by atoms with Gasteiger partial charge in [0.15, 0.2) is 6.10 Å². The molecule has 0 aliphatic rings. The van der Waals surface area contributed by atoms with Crippen molar-refractivity contribution in [3.63, 3.8) is 0 Å². The van der Waals surface area contributed by atoms with E-state index in [9.17, 15) is 19.0 Å². The van der Waals surface area contributed by atoms with E-state index in [-0.39, 0.29) is 26.1 Å². The van der Waals surface area contributed by atoms with Crippen LogP contribution in [0.5, 0.6) is 0 Å². The first kappa shape index (κ1) is 53.5. The van der Waals surface area contributed by atoms with Crippen LogP contribution in [0.15, 0.2) is 72.9 Å². The van der Waals surface area contributed by atoms with Crippen LogP contribution in [-0.4, -0.2) is 70.0 Å². The second-order valence-electron chi connectivity index (χ2n) is 15.3. The van der Waals surface area contributed by atoms with Gasteiger partial charge >= 0.3 is 11.9 Å². The van der Waals surface area contributed by atoms with Crippen LogP contribution in [-0.2, 0) is 32.7 Å². The number of carbonyl (C=O) groups is 2. The number of hydrogen-bond donors (Lipinski definition) is 0. The van der Waals surface area contributed by atoms with Gasteiger partial charge in [0.05, 0.1) is 27.7 Å². The lowest BCUT2D eigenvalue weighted by molar-refractivity contribution is -0.870. The minimum atomic E-state index is -4.64. The highest BCUT2D eigenvalue weighted by Crippen LogP contribution is 2.38. The number of quaternary nitrogens is 1. The number of nitrogens with zero attached hydrogens (tertiary/aromatic N) is 1. The lowest BCUT2D eigenvalue weighted by Gasteiger charge is -2.28. The molecule has 0 aromatic heterocycles. The highest BCUT2D eigenvalue weighted by molar-refractivity contribution is 7.45. The summed E-state index contributed by atoms with van der Waals surface area (Å²) >= 11 is 0. The standard InChI is InChI=1S/C46H80NO8P/c1-6-8-10-12-14-16-18-19-20-21-22-23-24-25-26-27-29-31-33-35-37-39-46(49)55-44(43-54-56(50,51)53-41-40-47(3,4)5)42-52-45(48)38-36-34-32-30-28-17-15-13-11-9-7-2/h8,10,14,16,19-20,22-23,25-26,29,31,44H,6-7,9,11-13,15,17-18,21,24,27-28,30,32-43H2,1-5H3/b10-8-,16-14-,20-19-,23-22-,26-25-,31-29-. The fraction of sp³-hybridized carbons (Fsp3) is 0.696. The Kier molecular flexibility index (Phi) is 36.3. The number of esters is 2. The highest BCUT2D eigenvalue weighted by Gasteiger charge is 2.21. The Morgan fingerprint density at radius 2 is 1.02 bits per heavy atom. The third kappa shape index (κ3) is 41.1. The smallest absolute Gasteiger partial charge is 0.306 e. The molecule has 0 aliphatic heterocycles. The molecule has 0 bridgehead atoms. The molecule has 0 spiro atoms. The third-order valence-corrected chi connectivity index (χ3v) is 9.71. The summed E-state index contributed by atoms with van der Waals surface area (Å²) in [5.74, 6) is -0.891. The molecule has 2 unspecified atom stereocenters. The predicted octanol–water partition coefficient (Wildman–Crippen LogP) is 11.6. The zero-order valence-electron chi connectivity index (χ0n) is 36.1. The molecule has 0 saturated heterocycles. The zero-order valence-corrected chi connectivity index (χ0v) is 36.9. The van der Waals surface area contributed by atoms with Crippen molar-refractivity contribution in [1.29, 1.82) is 0 Å². The summed E-state index contributed by atoms with van der Waals surface area (Å²) in [6.45, 7) is 4.03. The maximum Gasteiger partial charge on any atom is 0.306 e. The first-order chi connectivity index (χ1) is 27.0. The second kappa shape index (κ2) is 38.0. The van der Waals surface area contributed by atoms with Gasteiger partial charge in [-0.05, 0) is 64.2 Å². The number of allylic oxidation sites excluding steroid dienone is 12. The lowest BCUT2D eigenvalue weighted by atomic mass is 10.1. The molecule has 0 N–H and O–H groups in total. The van der Waals surface area contributed by atoms with Crippen LogP contribution in [0, 0.1) is 0 Å². The number of unbranched alkanes of at least 4 members (excludes halogenated alkanes) is 12. The van der Waals surface area contributed by atoms with Gasteiger partial charge in [-0.25, -0.2) is 0 Å². The normalized spacial score (nSPS) is 14.3. The molecule has 322 valence electrons. The van der Waals surface area contributed by atoms with E-state index >= 15 is 0 Å². The van der Waals surface area contributed by atoms with E-state index in [0.29, 0.717) is 17.4 Å². The van der Waals surface area contributed by atoms with Gasteiger partial charge in [-0.1, -0.05) is 151 Å². The van der Waals surface area contributed by atoms with Gasteiger partial charge in [0.25, 0.3) is 7.82 Å². The Bertz CT molecular complexity index is 1180. The molecule has 10 heteroatoms. The zero-order chi connectivity index (χ0) is 41.4. The molecule has 2 atom stereocenters. The van der Waals surface area contributed by atoms with E-state index in [4.69, 9.17) is 18.5 Å². The lowest BCUT2D eigenvalue weighted by Crippen LogP contribution is -2.37. The van der Waals surface area contributed by atoms with Crippen molar-refractivity contribution in [3.8, 4) is 0 Å². The molecule has 0 aromatic carbocycles. The van der Waals surface area contributed by atoms with Crippen molar-refractivity contribution in [3.05, 3.63) is 72.9 Å². The van der Waals surface area contributed by atoms with Crippen LogP contribution >= 0.6 is 7.82 Å². The van der Waals surface area contributed by atoms with Crippen LogP contribution in [0.3, 0.4) is 0 Å². The number of phosphoric ester groups is 1. The second-order valence-corrected chi connectivity index (χ2v) is 16.7. The number of rotatable bonds is 38. The Morgan fingerprint density at radius 3 is 1.52 bits per heavy atom. The summed E-state index contributed by atoms with van der Waals surface area (Å²) < 4.78 is 33.8. The average molecular weight is 806 g/mol. The first-order valence-corrected chi connectivity index (χ1v) is 23.1. The van der Waals surface area contributed by atoms with Crippen molar-refractivity contribution >= 4 is 19.8 Å². The summed E-state index contributed by atoms with van der Waals surface area (Å²) in [5, 5.41) is 0. The summed E-state index contributed by atoms with van der Waals surface area (Å²) in [4.78, 5) is 37.4. The summed E-state index contributed by atoms with van der Waals surface area (Å²) in [6.07, 6.45) is 46.5. The Morgan fingerprint density at radius 1 is 0.571 bits per heavy atom. The van der Waals surface area contributed by atoms with Crippen molar-refractivity contribution < 1.29 is 42.1 Å². The summed E-state index contributed by atoms with van der Waals surface area (Å²) in [6, 6.07) is 0. The van der Waals surface area contributed by atoms with Gasteiger partial charge in [0, 0.05) is 12.8 Å². The van der Waals surface area contributed by atoms with Gasteiger partial charge in [0.2, 0.25) is 0 Å². The number of phosphoric acid groups is 1. The van der Waals surface area contributed by atoms with Crippen molar-refractivity contribution in [2.75, 3.05) is 47.5 Å². The first-order valence-electron chi connectivity index (χ1n) is 21.6. The molecule has 56 heavy (non-hydrogen) atoms. The number of ether oxygens (including phenoxy) is 2. The van der Waals surface area contributed by atoms with Crippen molar-refractivity contribution in [1.82, 2.24) is 0 Å². The quantitative estimate of drug-likeness (QED) is 0.0199. The van der Waals surface area contributed by atoms with E-state index in [1.807, 2.05) is 21.1 Å². The molecular formula is C46H80NO8P. The molecule has 0 amide bonds. The molecular weight excluding hydrogens is 725 g/mol. The van der Waals surface area contributed by atoms with E-state index in [0.717, 1.165) is 70.6 Å². The topological polar surface area (TPSA) is 111 Å². The molecule has 0 aliphatic carbocycles. The minimum Gasteiger partial charge on any atom is -0.756 e. The fourth-order valence-corrected chi connectivity index (χ4v) is 6.09. The van der Waals surface area contributed by atoms with Crippen LogP contribution in [0.1, 0.15) is 155 Å². The Balaban J connectivity index is 4.45. The van der Waals surface area contributed by atoms with Gasteiger partial charge in [0.1, 0.15) is 19.8 Å². The molecule has 0 heterocycles. The maximum atomic E-state index is 12.7. The van der Waals surface area contributed by atoms with E-state index in [1.54, 1.807) is 0 Å². The van der Waals surface area contributed by atoms with Gasteiger partial charge in [-0.2, -0.15) is 0 Å². The summed E-state index contributed by atoms with van der Waals surface area (Å²) in [7, 11) is 1.13. The van der Waals surface area contributed by atoms with Crippen LogP contribution in [0.25, 0.3) is 0 Å². The number of hydrogen-bond acceptors (Lipinski definition) is 8. The molecule has 9 nitrogen and oxygen atoms in total. The average Bonchev–Trinajstić information content (AvgIpc) is 3.15. The Hall–Kier alpha value is -2.55. The van der Waals surface area contributed by atoms with Gasteiger partial charge in [-0.3, -0.25) is 14.2 Å². The Labute approximate surface area is 342 Å². The van der Waals surface area contributed by atoms with Crippen molar-refractivity contribution in [2.45, 2.75) is 161 Å². The molecule has 0 rings (SSSR count). The highest BCUT2D eigenvalue weighted by atomic mass is 31.2. The number of carbonyl (C=O) groups excluding carboxylic acids is 2. The molecule has 0 aromatic rings. The van der Waals surface area contributed by atoms with Crippen LogP contribution < -0.4 is 4.89 Å². The molecule has 0 radical (unpaired) electrons. The van der Waals surface area contributed by atoms with E-state index < -0.39 is 32.5 Å². The molecule has 0 fully saturated rings. The van der Waals surface area contributed by atoms with E-state index in [2.05, 4.69) is 86.8 Å². The van der Waals surface area contributed by atoms with Crippen LogP contribution in [0.4, 0.5) is 0 Å². The monoisotopic (exact) mass is 806 g/mol. The largest absolute Gasteiger partial charge is 0.756 e. The van der Waals surface area contributed by atoms with E-state index in [1.165, 1.54) is 51.4 Å². The SMILES string of the molecule is CC/C=C\C/C=C\C/C=C\C/C=C\C/C=C\C/C=C\CCCCC(=O)OC(COC(=O)CCCCCCCCCCCCC)COP(=O)([O-])OCC[N+](C)(C)C.